The molecule has 0 atom stereocenters. The molecule has 3 heteroatoms. The molecule has 1 fully saturated rings. The Labute approximate surface area is 180 Å². The maximum Gasteiger partial charge on any atom is 0.118 e. The summed E-state index contributed by atoms with van der Waals surface area (Å²) >= 11 is 2.10. The van der Waals surface area contributed by atoms with Gasteiger partial charge < -0.3 is 5.11 Å². The van der Waals surface area contributed by atoms with Crippen molar-refractivity contribution >= 4 is 25.0 Å². The maximum absolute atomic E-state index is 11.4. The largest absolute Gasteiger partial charge is 0.508 e. The molecule has 160 valence electrons. The van der Waals surface area contributed by atoms with Crippen LogP contribution in [0.15, 0.2) is 12.1 Å². The second kappa shape index (κ2) is 10.6. The highest BCUT2D eigenvalue weighted by Crippen LogP contribution is 2.44. The van der Waals surface area contributed by atoms with E-state index in [9.17, 15) is 5.11 Å². The number of phenols is 1. The van der Waals surface area contributed by atoms with E-state index in [0.717, 1.165) is 11.0 Å². The second-order valence-electron chi connectivity index (χ2n) is 10.00. The minimum absolute atomic E-state index is 0.617. The molecule has 1 aliphatic rings. The minimum atomic E-state index is -1.85. The summed E-state index contributed by atoms with van der Waals surface area (Å²) in [5, 5.41) is 13.5. The number of hydrogen-bond donors (Lipinski definition) is 1. The van der Waals surface area contributed by atoms with Crippen LogP contribution >= 0.6 is 11.8 Å². The van der Waals surface area contributed by atoms with Gasteiger partial charge in [-0.15, -0.1) is 0 Å². The lowest BCUT2D eigenvalue weighted by atomic mass is 10.0. The zero-order chi connectivity index (χ0) is 20.9. The highest BCUT2D eigenvalue weighted by atomic mass is 32.2. The Morgan fingerprint density at radius 2 is 1.39 bits per heavy atom. The van der Waals surface area contributed by atoms with E-state index in [0.29, 0.717) is 22.4 Å². The Bertz CT molecular complexity index is 593. The summed E-state index contributed by atoms with van der Waals surface area (Å²) in [6.07, 6.45) is 9.70. The van der Waals surface area contributed by atoms with Gasteiger partial charge in [0.15, 0.2) is 0 Å². The normalized spacial score (nSPS) is 17.4. The molecule has 0 aliphatic heterocycles. The number of aromatic hydroxyl groups is 1. The molecule has 0 spiro atoms. The van der Waals surface area contributed by atoms with Crippen LogP contribution in [-0.4, -0.2) is 18.4 Å². The molecule has 1 nitrogen and oxygen atoms in total. The van der Waals surface area contributed by atoms with E-state index < -0.39 is 8.07 Å². The van der Waals surface area contributed by atoms with Gasteiger partial charge in [-0.2, -0.15) is 11.8 Å². The molecule has 28 heavy (non-hydrogen) atoms. The average molecular weight is 421 g/mol. The Kier molecular flexibility index (Phi) is 9.00. The van der Waals surface area contributed by atoms with Gasteiger partial charge in [0, 0.05) is 16.6 Å². The van der Waals surface area contributed by atoms with Crippen LogP contribution in [0.25, 0.3) is 0 Å². The van der Waals surface area contributed by atoms with Crippen molar-refractivity contribution in [2.75, 3.05) is 0 Å². The van der Waals surface area contributed by atoms with E-state index in [1.54, 1.807) is 0 Å². The van der Waals surface area contributed by atoms with Gasteiger partial charge in [0.1, 0.15) is 5.75 Å². The standard InChI is InChI=1S/C25H44OSSi/c1-18(2)28(19(3)4,20(5)6)24-16-21(7)15-22(25(24)26)17-27-23-13-11-9-8-10-12-14-23/h15-16,18-20,23,26H,8-14,17H2,1-7H3. The molecular formula is C25H44OSSi. The van der Waals surface area contributed by atoms with Crippen molar-refractivity contribution in [1.29, 1.82) is 0 Å². The van der Waals surface area contributed by atoms with Crippen LogP contribution in [-0.2, 0) is 5.75 Å². The van der Waals surface area contributed by atoms with Crippen molar-refractivity contribution in [1.82, 2.24) is 0 Å². The van der Waals surface area contributed by atoms with Crippen LogP contribution in [0.5, 0.6) is 5.75 Å². The summed E-state index contributed by atoms with van der Waals surface area (Å²) in [4.78, 5) is 0. The van der Waals surface area contributed by atoms with Crippen molar-refractivity contribution in [2.24, 2.45) is 0 Å². The lowest BCUT2D eigenvalue weighted by Gasteiger charge is -2.44. The first-order valence-electron chi connectivity index (χ1n) is 11.7. The van der Waals surface area contributed by atoms with Crippen LogP contribution < -0.4 is 5.19 Å². The summed E-state index contributed by atoms with van der Waals surface area (Å²) in [5.74, 6) is 1.59. The average Bonchev–Trinajstić information content (AvgIpc) is 2.56. The number of aryl methyl sites for hydroxylation is 1. The molecule has 0 heterocycles. The minimum Gasteiger partial charge on any atom is -0.508 e. The molecule has 1 saturated carbocycles. The molecule has 2 rings (SSSR count). The molecule has 0 saturated heterocycles. The summed E-state index contributed by atoms with van der Waals surface area (Å²) < 4.78 is 0. The van der Waals surface area contributed by atoms with E-state index in [2.05, 4.69) is 72.4 Å². The third-order valence-electron chi connectivity index (χ3n) is 7.19. The van der Waals surface area contributed by atoms with E-state index in [4.69, 9.17) is 0 Å². The monoisotopic (exact) mass is 420 g/mol. The molecular weight excluding hydrogens is 376 g/mol. The molecule has 0 unspecified atom stereocenters. The van der Waals surface area contributed by atoms with Gasteiger partial charge in [-0.05, 0) is 41.6 Å². The lowest BCUT2D eigenvalue weighted by molar-refractivity contribution is 0.473. The predicted molar refractivity (Wildman–Crippen MR) is 131 cm³/mol. The van der Waals surface area contributed by atoms with Gasteiger partial charge in [0.2, 0.25) is 0 Å². The Hall–Kier alpha value is -0.413. The Morgan fingerprint density at radius 1 is 0.893 bits per heavy atom. The van der Waals surface area contributed by atoms with Crippen LogP contribution in [0.4, 0.5) is 0 Å². The van der Waals surface area contributed by atoms with Crippen molar-refractivity contribution in [3.63, 3.8) is 0 Å². The predicted octanol–water partition coefficient (Wildman–Crippen LogP) is 7.93. The van der Waals surface area contributed by atoms with E-state index in [-0.39, 0.29) is 0 Å². The molecule has 0 amide bonds. The number of phenolic OH excluding ortho intramolecular Hbond substituents is 1. The fraction of sp³-hybridized carbons (Fsp3) is 0.760. The van der Waals surface area contributed by atoms with Gasteiger partial charge in [-0.25, -0.2) is 0 Å². The van der Waals surface area contributed by atoms with Crippen molar-refractivity contribution in [2.45, 2.75) is 121 Å². The topological polar surface area (TPSA) is 20.2 Å². The molecule has 1 aliphatic carbocycles. The highest BCUT2D eigenvalue weighted by molar-refractivity contribution is 7.99. The number of benzene rings is 1. The molecule has 0 aromatic heterocycles. The van der Waals surface area contributed by atoms with Gasteiger partial charge >= 0.3 is 0 Å². The van der Waals surface area contributed by atoms with Gasteiger partial charge in [0.05, 0.1) is 8.07 Å². The molecule has 1 aromatic rings. The fourth-order valence-corrected chi connectivity index (χ4v) is 14.2. The zero-order valence-corrected chi connectivity index (χ0v) is 21.3. The van der Waals surface area contributed by atoms with Crippen molar-refractivity contribution < 1.29 is 5.11 Å². The SMILES string of the molecule is Cc1cc(CSC2CCCCCCC2)c(O)c([Si](C(C)C)(C(C)C)C(C)C)c1. The zero-order valence-electron chi connectivity index (χ0n) is 19.5. The van der Waals surface area contributed by atoms with Crippen LogP contribution in [0.3, 0.4) is 0 Å². The lowest BCUT2D eigenvalue weighted by Crippen LogP contribution is -2.55. The second-order valence-corrected chi connectivity index (χ2v) is 17.2. The number of rotatable bonds is 7. The third-order valence-corrected chi connectivity index (χ3v) is 15.7. The Morgan fingerprint density at radius 3 is 1.89 bits per heavy atom. The summed E-state index contributed by atoms with van der Waals surface area (Å²) in [6.45, 7) is 16.5. The van der Waals surface area contributed by atoms with Gasteiger partial charge in [0.25, 0.3) is 0 Å². The van der Waals surface area contributed by atoms with Crippen molar-refractivity contribution in [3.8, 4) is 5.75 Å². The number of thioether (sulfide) groups is 1. The van der Waals surface area contributed by atoms with E-state index in [1.165, 1.54) is 61.3 Å². The first-order chi connectivity index (χ1) is 13.2. The molecule has 1 N–H and O–H groups in total. The van der Waals surface area contributed by atoms with Crippen LogP contribution in [0, 0.1) is 6.92 Å². The smallest absolute Gasteiger partial charge is 0.118 e. The van der Waals surface area contributed by atoms with E-state index in [1.807, 2.05) is 0 Å². The first-order valence-corrected chi connectivity index (χ1v) is 14.9. The van der Waals surface area contributed by atoms with Gasteiger partial charge in [-0.1, -0.05) is 91.3 Å². The van der Waals surface area contributed by atoms with Crippen molar-refractivity contribution in [3.05, 3.63) is 23.3 Å². The quantitative estimate of drug-likeness (QED) is 0.452. The molecule has 0 radical (unpaired) electrons. The highest BCUT2D eigenvalue weighted by Gasteiger charge is 2.46. The first kappa shape index (κ1) is 23.9. The Balaban J connectivity index is 2.34. The summed E-state index contributed by atoms with van der Waals surface area (Å²) in [5.41, 5.74) is 4.35. The van der Waals surface area contributed by atoms with Gasteiger partial charge in [-0.3, -0.25) is 0 Å². The van der Waals surface area contributed by atoms with Crippen LogP contribution in [0.2, 0.25) is 16.6 Å². The molecule has 1 aromatic carbocycles. The van der Waals surface area contributed by atoms with Crippen LogP contribution in [0.1, 0.15) is 97.6 Å². The number of hydrogen-bond acceptors (Lipinski definition) is 2. The maximum atomic E-state index is 11.4. The van der Waals surface area contributed by atoms with E-state index >= 15 is 0 Å². The summed E-state index contributed by atoms with van der Waals surface area (Å²) in [6, 6.07) is 4.57. The third kappa shape index (κ3) is 5.19. The summed E-state index contributed by atoms with van der Waals surface area (Å²) in [7, 11) is -1.85. The fourth-order valence-electron chi connectivity index (χ4n) is 6.02. The molecule has 0 bridgehead atoms.